The number of aromatic amines is 1. The lowest BCUT2D eigenvalue weighted by atomic mass is 9.98. The van der Waals surface area contributed by atoms with Gasteiger partial charge in [-0.15, -0.1) is 11.3 Å². The van der Waals surface area contributed by atoms with E-state index >= 15 is 0 Å². The second-order valence-corrected chi connectivity index (χ2v) is 9.12. The van der Waals surface area contributed by atoms with Crippen molar-refractivity contribution in [1.82, 2.24) is 15.3 Å². The number of H-pyrrole nitrogens is 1. The Bertz CT molecular complexity index is 813. The summed E-state index contributed by atoms with van der Waals surface area (Å²) < 4.78 is 0. The van der Waals surface area contributed by atoms with Crippen molar-refractivity contribution in [2.45, 2.75) is 71.5 Å². The third-order valence-corrected chi connectivity index (χ3v) is 6.47. The van der Waals surface area contributed by atoms with Crippen LogP contribution in [0.5, 0.6) is 0 Å². The summed E-state index contributed by atoms with van der Waals surface area (Å²) in [5.74, 6) is 0.763. The number of thioether (sulfide) groups is 1. The number of amides is 1. The number of aromatic nitrogens is 2. The second-order valence-electron chi connectivity index (χ2n) is 6.95. The molecule has 0 aliphatic heterocycles. The number of rotatable bonds is 9. The zero-order chi connectivity index (χ0) is 19.3. The molecule has 0 saturated heterocycles. The Balaban J connectivity index is 2.14. The van der Waals surface area contributed by atoms with Gasteiger partial charge in [-0.3, -0.25) is 9.59 Å². The molecule has 2 aromatic heterocycles. The lowest BCUT2D eigenvalue weighted by molar-refractivity contribution is -0.119. The van der Waals surface area contributed by atoms with E-state index in [2.05, 4.69) is 43.0 Å². The number of nitrogens with zero attached hydrogens (tertiary/aromatic N) is 1. The van der Waals surface area contributed by atoms with Gasteiger partial charge in [0, 0.05) is 10.9 Å². The number of hydrogen-bond acceptors (Lipinski definition) is 5. The van der Waals surface area contributed by atoms with Gasteiger partial charge in [-0.05, 0) is 38.2 Å². The normalized spacial score (nSPS) is 13.7. The zero-order valence-corrected chi connectivity index (χ0v) is 17.9. The highest BCUT2D eigenvalue weighted by Crippen LogP contribution is 2.30. The van der Waals surface area contributed by atoms with Crippen LogP contribution in [0.25, 0.3) is 10.2 Å². The molecule has 2 N–H and O–H groups in total. The second kappa shape index (κ2) is 9.55. The van der Waals surface area contributed by atoms with E-state index in [1.165, 1.54) is 11.8 Å². The summed E-state index contributed by atoms with van der Waals surface area (Å²) in [4.78, 5) is 34.0. The predicted molar refractivity (Wildman–Crippen MR) is 111 cm³/mol. The first-order valence-electron chi connectivity index (χ1n) is 9.30. The van der Waals surface area contributed by atoms with E-state index in [0.29, 0.717) is 11.1 Å². The first-order valence-corrected chi connectivity index (χ1v) is 11.1. The highest BCUT2D eigenvalue weighted by Gasteiger charge is 2.17. The first-order chi connectivity index (χ1) is 12.3. The molecule has 0 aliphatic carbocycles. The van der Waals surface area contributed by atoms with E-state index in [4.69, 9.17) is 0 Å². The van der Waals surface area contributed by atoms with Crippen LogP contribution in [-0.2, 0) is 11.2 Å². The molecule has 2 heterocycles. The summed E-state index contributed by atoms with van der Waals surface area (Å²) in [6.07, 6.45) is 3.99. The van der Waals surface area contributed by atoms with Crippen molar-refractivity contribution in [2.75, 3.05) is 5.75 Å². The first kappa shape index (κ1) is 21.0. The molecular formula is C19H29N3O2S2. The molecule has 7 heteroatoms. The van der Waals surface area contributed by atoms with Crippen molar-refractivity contribution in [3.05, 3.63) is 20.8 Å². The topological polar surface area (TPSA) is 74.8 Å². The van der Waals surface area contributed by atoms with Crippen molar-refractivity contribution in [1.29, 1.82) is 0 Å². The quantitative estimate of drug-likeness (QED) is 0.491. The van der Waals surface area contributed by atoms with Crippen LogP contribution in [0.4, 0.5) is 0 Å². The number of nitrogens with one attached hydrogen (secondary N) is 2. The van der Waals surface area contributed by atoms with E-state index in [1.54, 1.807) is 11.3 Å². The molecule has 0 radical (unpaired) electrons. The van der Waals surface area contributed by atoms with Crippen LogP contribution in [0.15, 0.2) is 9.95 Å². The number of hydrogen-bond donors (Lipinski definition) is 2. The van der Waals surface area contributed by atoms with E-state index in [9.17, 15) is 9.59 Å². The average molecular weight is 396 g/mol. The fourth-order valence-corrected chi connectivity index (χ4v) is 4.70. The van der Waals surface area contributed by atoms with Gasteiger partial charge in [-0.25, -0.2) is 4.98 Å². The molecule has 0 aromatic carbocycles. The highest BCUT2D eigenvalue weighted by molar-refractivity contribution is 7.99. The maximum absolute atomic E-state index is 12.6. The minimum atomic E-state index is -0.0973. The van der Waals surface area contributed by atoms with Gasteiger partial charge < -0.3 is 10.3 Å². The van der Waals surface area contributed by atoms with Crippen LogP contribution in [-0.4, -0.2) is 27.7 Å². The minimum absolute atomic E-state index is 0.0292. The molecule has 0 spiro atoms. The summed E-state index contributed by atoms with van der Waals surface area (Å²) in [7, 11) is 0. The van der Waals surface area contributed by atoms with E-state index in [-0.39, 0.29) is 23.3 Å². The monoisotopic (exact) mass is 395 g/mol. The molecule has 2 atom stereocenters. The van der Waals surface area contributed by atoms with Gasteiger partial charge in [0.1, 0.15) is 4.83 Å². The van der Waals surface area contributed by atoms with Crippen molar-refractivity contribution in [3.63, 3.8) is 0 Å². The summed E-state index contributed by atoms with van der Waals surface area (Å²) >= 11 is 2.85. The number of carbonyl (C=O) groups is 1. The SMILES string of the molecule is CCC[C@@H](C)NC(=O)CSc1nc2sc(C)c(C[C@H](C)CC)c2c(=O)[nH]1. The van der Waals surface area contributed by atoms with Gasteiger partial charge in [-0.2, -0.15) is 0 Å². The molecule has 5 nitrogen and oxygen atoms in total. The fraction of sp³-hybridized carbons (Fsp3) is 0.632. The van der Waals surface area contributed by atoms with Gasteiger partial charge in [0.25, 0.3) is 5.56 Å². The number of thiophene rings is 1. The van der Waals surface area contributed by atoms with Gasteiger partial charge >= 0.3 is 0 Å². The molecule has 2 aromatic rings. The number of aryl methyl sites for hydroxylation is 1. The predicted octanol–water partition coefficient (Wildman–Crippen LogP) is 4.28. The molecule has 0 fully saturated rings. The Morgan fingerprint density at radius 2 is 2.08 bits per heavy atom. The van der Waals surface area contributed by atoms with Gasteiger partial charge in [0.15, 0.2) is 5.16 Å². The van der Waals surface area contributed by atoms with Gasteiger partial charge in [-0.1, -0.05) is 45.4 Å². The molecule has 0 saturated carbocycles. The van der Waals surface area contributed by atoms with Crippen LogP contribution in [0, 0.1) is 12.8 Å². The molecule has 0 unspecified atom stereocenters. The summed E-state index contributed by atoms with van der Waals surface area (Å²) in [5.41, 5.74) is 1.02. The Morgan fingerprint density at radius 1 is 1.35 bits per heavy atom. The molecule has 1 amide bonds. The summed E-state index contributed by atoms with van der Waals surface area (Å²) in [6.45, 7) is 10.5. The number of carbonyl (C=O) groups excluding carboxylic acids is 1. The molecule has 26 heavy (non-hydrogen) atoms. The van der Waals surface area contributed by atoms with E-state index in [0.717, 1.165) is 46.3 Å². The van der Waals surface area contributed by atoms with Crippen LogP contribution in [0.3, 0.4) is 0 Å². The largest absolute Gasteiger partial charge is 0.353 e. The fourth-order valence-electron chi connectivity index (χ4n) is 2.92. The van der Waals surface area contributed by atoms with Crippen molar-refractivity contribution < 1.29 is 4.79 Å². The summed E-state index contributed by atoms with van der Waals surface area (Å²) in [6, 6.07) is 0.172. The lowest BCUT2D eigenvalue weighted by Crippen LogP contribution is -2.33. The minimum Gasteiger partial charge on any atom is -0.353 e. The van der Waals surface area contributed by atoms with Crippen LogP contribution in [0.2, 0.25) is 0 Å². The lowest BCUT2D eigenvalue weighted by Gasteiger charge is -2.12. The number of fused-ring (bicyclic) bond motifs is 1. The van der Waals surface area contributed by atoms with Crippen molar-refractivity contribution in [3.8, 4) is 0 Å². The third kappa shape index (κ3) is 5.33. The van der Waals surface area contributed by atoms with Crippen molar-refractivity contribution in [2.24, 2.45) is 5.92 Å². The van der Waals surface area contributed by atoms with Crippen LogP contribution >= 0.6 is 23.1 Å². The average Bonchev–Trinajstić information content (AvgIpc) is 2.89. The molecule has 0 aliphatic rings. The standard InChI is InChI=1S/C19H29N3O2S2/c1-6-8-12(4)20-15(23)10-25-19-21-17(24)16-14(9-11(3)7-2)13(5)26-18(16)22-19/h11-12H,6-10H2,1-5H3,(H,20,23)(H,21,22,24)/t11-,12-/m1/s1. The van der Waals surface area contributed by atoms with Gasteiger partial charge in [0.2, 0.25) is 5.91 Å². The maximum Gasteiger partial charge on any atom is 0.260 e. The summed E-state index contributed by atoms with van der Waals surface area (Å²) in [5, 5.41) is 4.20. The molecule has 144 valence electrons. The Hall–Kier alpha value is -1.34. The molecular weight excluding hydrogens is 366 g/mol. The molecule has 2 rings (SSSR count). The smallest absolute Gasteiger partial charge is 0.260 e. The maximum atomic E-state index is 12.6. The molecule has 0 bridgehead atoms. The Kier molecular flexibility index (Phi) is 7.70. The van der Waals surface area contributed by atoms with Crippen molar-refractivity contribution >= 4 is 39.2 Å². The van der Waals surface area contributed by atoms with E-state index in [1.807, 2.05) is 6.92 Å². The highest BCUT2D eigenvalue weighted by atomic mass is 32.2. The van der Waals surface area contributed by atoms with E-state index < -0.39 is 0 Å². The van der Waals surface area contributed by atoms with Crippen LogP contribution < -0.4 is 10.9 Å². The Morgan fingerprint density at radius 3 is 2.73 bits per heavy atom. The zero-order valence-electron chi connectivity index (χ0n) is 16.3. The third-order valence-electron chi connectivity index (χ3n) is 4.56. The van der Waals surface area contributed by atoms with Gasteiger partial charge in [0.05, 0.1) is 11.1 Å². The Labute approximate surface area is 163 Å². The van der Waals surface area contributed by atoms with Crippen LogP contribution in [0.1, 0.15) is 57.4 Å².